The number of carboxylic acids is 1. The van der Waals surface area contributed by atoms with Crippen molar-refractivity contribution in [1.82, 2.24) is 5.32 Å². The van der Waals surface area contributed by atoms with E-state index >= 15 is 0 Å². The number of benzene rings is 2. The molecule has 3 rings (SSSR count). The highest BCUT2D eigenvalue weighted by Gasteiger charge is 2.54. The highest BCUT2D eigenvalue weighted by atomic mass is 19.1. The molecule has 0 radical (unpaired) electrons. The average Bonchev–Trinajstić information content (AvgIpc) is 2.99. The Labute approximate surface area is 260 Å². The van der Waals surface area contributed by atoms with Crippen molar-refractivity contribution >= 4 is 5.97 Å². The first-order chi connectivity index (χ1) is 20.8. The Kier molecular flexibility index (Phi) is 15.0. The quantitative estimate of drug-likeness (QED) is 0.141. The fraction of sp³-hybridized carbons (Fsp3) is 0.649. The van der Waals surface area contributed by atoms with Gasteiger partial charge in [-0.3, -0.25) is 0 Å². The summed E-state index contributed by atoms with van der Waals surface area (Å²) in [6.07, 6.45) is 13.9. The van der Waals surface area contributed by atoms with Crippen LogP contribution in [0, 0.1) is 17.7 Å². The number of halogens is 1. The van der Waals surface area contributed by atoms with Crippen LogP contribution in [0.3, 0.4) is 0 Å². The molecule has 5 nitrogen and oxygen atoms in total. The zero-order chi connectivity index (χ0) is 31.1. The van der Waals surface area contributed by atoms with Gasteiger partial charge in [-0.25, -0.2) is 9.18 Å². The number of nitrogens with one attached hydrogen (secondary N) is 1. The molecule has 0 aliphatic heterocycles. The first-order valence-electron chi connectivity index (χ1n) is 16.8. The second-order valence-corrected chi connectivity index (χ2v) is 12.7. The van der Waals surface area contributed by atoms with Gasteiger partial charge in [-0.2, -0.15) is 0 Å². The number of hydrogen-bond donors (Lipinski definition) is 2. The Morgan fingerprint density at radius 2 is 1.70 bits per heavy atom. The fourth-order valence-corrected chi connectivity index (χ4v) is 7.30. The topological polar surface area (TPSA) is 67.8 Å². The standard InChI is InChI=1S/C37H56FNO4/c1-5-6-7-8-9-10-11-12-26-43-33-20-15-29(16-21-33)14-13-24-39-25-23-31-18-17-30-27-32(38)19-22-34(30)37(31,28(2)3)35(42-4)36(40)41/h15-16,19-22,27-28,31,35,39H,5-14,17-18,23-26H2,1-4H3,(H,40,41). The minimum Gasteiger partial charge on any atom is -0.494 e. The van der Waals surface area contributed by atoms with E-state index in [0.29, 0.717) is 0 Å². The van der Waals surface area contributed by atoms with Gasteiger partial charge >= 0.3 is 5.97 Å². The van der Waals surface area contributed by atoms with Crippen molar-refractivity contribution in [1.29, 1.82) is 0 Å². The molecule has 2 N–H and O–H groups in total. The number of carbonyl (C=O) groups is 1. The maximum atomic E-state index is 14.1. The number of unbranched alkanes of at least 4 members (excludes halogenated alkanes) is 7. The van der Waals surface area contributed by atoms with Crippen LogP contribution in [-0.2, 0) is 27.8 Å². The maximum Gasteiger partial charge on any atom is 0.333 e. The Bertz CT molecular complexity index is 1090. The lowest BCUT2D eigenvalue weighted by Gasteiger charge is -2.51. The summed E-state index contributed by atoms with van der Waals surface area (Å²) in [5.74, 6) is -0.170. The van der Waals surface area contributed by atoms with Crippen LogP contribution in [0.4, 0.5) is 4.39 Å². The van der Waals surface area contributed by atoms with Crippen molar-refractivity contribution in [2.24, 2.45) is 11.8 Å². The first-order valence-corrected chi connectivity index (χ1v) is 16.8. The van der Waals surface area contributed by atoms with E-state index in [4.69, 9.17) is 9.47 Å². The van der Waals surface area contributed by atoms with Crippen LogP contribution in [0.25, 0.3) is 0 Å². The monoisotopic (exact) mass is 597 g/mol. The van der Waals surface area contributed by atoms with Crippen LogP contribution in [0.2, 0.25) is 0 Å². The lowest BCUT2D eigenvalue weighted by molar-refractivity contribution is -0.158. The molecule has 0 aromatic heterocycles. The third-order valence-electron chi connectivity index (χ3n) is 9.50. The molecule has 0 saturated carbocycles. The van der Waals surface area contributed by atoms with Gasteiger partial charge in [0.2, 0.25) is 0 Å². The maximum absolute atomic E-state index is 14.1. The van der Waals surface area contributed by atoms with Crippen LogP contribution in [0.15, 0.2) is 42.5 Å². The molecule has 2 aromatic carbocycles. The SMILES string of the molecule is CCCCCCCCCCOc1ccc(CCCNCCC2CCc3cc(F)ccc3C2(C(C)C)C(OC)C(=O)O)cc1. The van der Waals surface area contributed by atoms with E-state index in [2.05, 4.69) is 50.4 Å². The van der Waals surface area contributed by atoms with E-state index in [1.165, 1.54) is 63.7 Å². The molecule has 3 atom stereocenters. The number of aliphatic carboxylic acids is 1. The second kappa shape index (κ2) is 18.4. The summed E-state index contributed by atoms with van der Waals surface area (Å²) in [4.78, 5) is 12.4. The van der Waals surface area contributed by atoms with E-state index in [0.717, 1.165) is 75.1 Å². The van der Waals surface area contributed by atoms with E-state index in [1.807, 2.05) is 0 Å². The van der Waals surface area contributed by atoms with Crippen LogP contribution in [0.5, 0.6) is 5.75 Å². The molecule has 240 valence electrons. The molecular formula is C37H56FNO4. The minimum absolute atomic E-state index is 0.00957. The van der Waals surface area contributed by atoms with Gasteiger partial charge in [0.05, 0.1) is 6.61 Å². The molecule has 0 amide bonds. The summed E-state index contributed by atoms with van der Waals surface area (Å²) >= 11 is 0. The fourth-order valence-electron chi connectivity index (χ4n) is 7.30. The smallest absolute Gasteiger partial charge is 0.333 e. The van der Waals surface area contributed by atoms with Crippen LogP contribution in [0.1, 0.15) is 108 Å². The van der Waals surface area contributed by atoms with Crippen LogP contribution < -0.4 is 10.1 Å². The van der Waals surface area contributed by atoms with Crippen molar-refractivity contribution in [3.05, 3.63) is 65.0 Å². The Morgan fingerprint density at radius 3 is 2.35 bits per heavy atom. The summed E-state index contributed by atoms with van der Waals surface area (Å²) in [5, 5.41) is 13.8. The summed E-state index contributed by atoms with van der Waals surface area (Å²) in [5.41, 5.74) is 2.42. The van der Waals surface area contributed by atoms with Gasteiger partial charge in [-0.15, -0.1) is 0 Å². The van der Waals surface area contributed by atoms with Gasteiger partial charge < -0.3 is 19.9 Å². The molecular weight excluding hydrogens is 541 g/mol. The first kappa shape index (κ1) is 35.0. The molecule has 0 spiro atoms. The summed E-state index contributed by atoms with van der Waals surface area (Å²) in [6, 6.07) is 13.3. The van der Waals surface area contributed by atoms with Crippen LogP contribution in [-0.4, -0.2) is 44.0 Å². The minimum atomic E-state index is -0.991. The summed E-state index contributed by atoms with van der Waals surface area (Å²) in [6.45, 7) is 8.89. The van der Waals surface area contributed by atoms with Gasteiger partial charge in [0, 0.05) is 12.5 Å². The van der Waals surface area contributed by atoms with E-state index in [9.17, 15) is 14.3 Å². The third-order valence-corrected chi connectivity index (χ3v) is 9.50. The lowest BCUT2D eigenvalue weighted by atomic mass is 9.54. The highest BCUT2D eigenvalue weighted by molar-refractivity contribution is 5.75. The zero-order valence-electron chi connectivity index (χ0n) is 27.1. The van der Waals surface area contributed by atoms with Crippen molar-refractivity contribution < 1.29 is 23.8 Å². The number of methoxy groups -OCH3 is 1. The number of rotatable bonds is 21. The number of aryl methyl sites for hydroxylation is 2. The van der Waals surface area contributed by atoms with Crippen molar-refractivity contribution in [2.45, 2.75) is 116 Å². The predicted molar refractivity (Wildman–Crippen MR) is 174 cm³/mol. The van der Waals surface area contributed by atoms with Gasteiger partial charge in [0.25, 0.3) is 0 Å². The van der Waals surface area contributed by atoms with Crippen molar-refractivity contribution in [3.63, 3.8) is 0 Å². The van der Waals surface area contributed by atoms with Gasteiger partial charge in [0.15, 0.2) is 6.10 Å². The third kappa shape index (κ3) is 9.78. The number of ether oxygens (including phenoxy) is 2. The Balaban J connectivity index is 1.43. The zero-order valence-corrected chi connectivity index (χ0v) is 27.1. The number of fused-ring (bicyclic) bond motifs is 1. The van der Waals surface area contributed by atoms with Gasteiger partial charge in [-0.1, -0.05) is 83.9 Å². The largest absolute Gasteiger partial charge is 0.494 e. The van der Waals surface area contributed by atoms with Crippen molar-refractivity contribution in [3.8, 4) is 5.75 Å². The average molecular weight is 598 g/mol. The molecule has 1 aliphatic carbocycles. The molecule has 6 heteroatoms. The van der Waals surface area contributed by atoms with Gasteiger partial charge in [-0.05, 0) is 104 Å². The molecule has 0 bridgehead atoms. The summed E-state index contributed by atoms with van der Waals surface area (Å²) in [7, 11) is 1.48. The summed E-state index contributed by atoms with van der Waals surface area (Å²) < 4.78 is 25.7. The Hall–Kier alpha value is -2.44. The lowest BCUT2D eigenvalue weighted by Crippen LogP contribution is -2.56. The molecule has 43 heavy (non-hydrogen) atoms. The predicted octanol–water partition coefficient (Wildman–Crippen LogP) is 8.51. The molecule has 0 heterocycles. The van der Waals surface area contributed by atoms with E-state index < -0.39 is 17.5 Å². The van der Waals surface area contributed by atoms with E-state index in [1.54, 1.807) is 12.1 Å². The highest BCUT2D eigenvalue weighted by Crippen LogP contribution is 2.51. The van der Waals surface area contributed by atoms with Crippen LogP contribution >= 0.6 is 0 Å². The van der Waals surface area contributed by atoms with Crippen molar-refractivity contribution in [2.75, 3.05) is 26.8 Å². The number of carboxylic acid groups (broad SMARTS) is 1. The van der Waals surface area contributed by atoms with Gasteiger partial charge in [0.1, 0.15) is 11.6 Å². The molecule has 2 aromatic rings. The second-order valence-electron chi connectivity index (χ2n) is 12.7. The molecule has 1 aliphatic rings. The molecule has 3 unspecified atom stereocenters. The molecule has 0 fully saturated rings. The number of hydrogen-bond acceptors (Lipinski definition) is 4. The normalized spacial score (nSPS) is 18.9. The van der Waals surface area contributed by atoms with E-state index in [-0.39, 0.29) is 17.7 Å². The Morgan fingerprint density at radius 1 is 1.00 bits per heavy atom. The molecule has 0 saturated heterocycles.